The number of ether oxygens (including phenoxy) is 1. The molecule has 0 aliphatic rings. The van der Waals surface area contributed by atoms with Gasteiger partial charge < -0.3 is 15.4 Å². The van der Waals surface area contributed by atoms with Gasteiger partial charge in [0.15, 0.2) is 5.96 Å². The molecule has 0 amide bonds. The number of aromatic nitrogens is 1. The average molecular weight is 468 g/mol. The van der Waals surface area contributed by atoms with E-state index in [1.165, 1.54) is 11.1 Å². The van der Waals surface area contributed by atoms with Crippen LogP contribution < -0.4 is 10.6 Å². The van der Waals surface area contributed by atoms with Crippen LogP contribution in [0.3, 0.4) is 0 Å². The van der Waals surface area contributed by atoms with Gasteiger partial charge in [0.1, 0.15) is 0 Å². The van der Waals surface area contributed by atoms with Gasteiger partial charge in [0.2, 0.25) is 0 Å². The van der Waals surface area contributed by atoms with E-state index < -0.39 is 0 Å². The molecule has 142 valence electrons. The number of pyridine rings is 1. The maximum Gasteiger partial charge on any atom is 0.191 e. The lowest BCUT2D eigenvalue weighted by molar-refractivity contribution is 0.128. The third kappa shape index (κ3) is 9.15. The van der Waals surface area contributed by atoms with E-state index in [2.05, 4.69) is 45.7 Å². The Morgan fingerprint density at radius 3 is 2.58 bits per heavy atom. The fourth-order valence-electron chi connectivity index (χ4n) is 2.30. The van der Waals surface area contributed by atoms with Crippen molar-refractivity contribution in [2.75, 3.05) is 26.2 Å². The molecule has 0 saturated carbocycles. The molecule has 2 rings (SSSR count). The molecule has 0 fully saturated rings. The first-order chi connectivity index (χ1) is 12.3. The van der Waals surface area contributed by atoms with Crippen LogP contribution in [0.5, 0.6) is 0 Å². The fourth-order valence-corrected chi connectivity index (χ4v) is 2.30. The summed E-state index contributed by atoms with van der Waals surface area (Å²) in [7, 11) is 0. The van der Waals surface area contributed by atoms with Crippen molar-refractivity contribution in [1.82, 2.24) is 15.6 Å². The number of nitrogens with zero attached hydrogens (tertiary/aromatic N) is 2. The fraction of sp³-hybridized carbons (Fsp3) is 0.400. The predicted octanol–water partition coefficient (Wildman–Crippen LogP) is 3.32. The number of rotatable bonds is 9. The SMILES string of the molecule is CCNC(=NCCOCc1ccccc1)NCCc1ccc(C)nc1.I. The molecule has 6 heteroatoms. The number of benzene rings is 1. The van der Waals surface area contributed by atoms with E-state index in [1.54, 1.807) is 0 Å². The lowest BCUT2D eigenvalue weighted by Crippen LogP contribution is -2.38. The summed E-state index contributed by atoms with van der Waals surface area (Å²) in [4.78, 5) is 8.86. The molecule has 5 nitrogen and oxygen atoms in total. The maximum absolute atomic E-state index is 5.66. The van der Waals surface area contributed by atoms with Gasteiger partial charge in [-0.3, -0.25) is 9.98 Å². The van der Waals surface area contributed by atoms with Crippen LogP contribution in [0.25, 0.3) is 0 Å². The van der Waals surface area contributed by atoms with Gasteiger partial charge in [-0.25, -0.2) is 0 Å². The van der Waals surface area contributed by atoms with Crippen LogP contribution in [-0.4, -0.2) is 37.2 Å². The molecule has 1 heterocycles. The van der Waals surface area contributed by atoms with Crippen LogP contribution in [0.1, 0.15) is 23.7 Å². The predicted molar refractivity (Wildman–Crippen MR) is 118 cm³/mol. The summed E-state index contributed by atoms with van der Waals surface area (Å²) in [6.07, 6.45) is 2.85. The van der Waals surface area contributed by atoms with Gasteiger partial charge in [0, 0.05) is 25.0 Å². The minimum Gasteiger partial charge on any atom is -0.375 e. The second kappa shape index (κ2) is 13.5. The largest absolute Gasteiger partial charge is 0.375 e. The van der Waals surface area contributed by atoms with Crippen molar-refractivity contribution in [1.29, 1.82) is 0 Å². The van der Waals surface area contributed by atoms with E-state index in [4.69, 9.17) is 4.74 Å². The van der Waals surface area contributed by atoms with E-state index in [0.29, 0.717) is 19.8 Å². The molecule has 0 aliphatic heterocycles. The van der Waals surface area contributed by atoms with E-state index in [1.807, 2.05) is 37.4 Å². The second-order valence-electron chi connectivity index (χ2n) is 5.78. The molecule has 0 bridgehead atoms. The highest BCUT2D eigenvalue weighted by Crippen LogP contribution is 2.00. The summed E-state index contributed by atoms with van der Waals surface area (Å²) in [5.41, 5.74) is 3.45. The zero-order valence-electron chi connectivity index (χ0n) is 15.6. The third-order valence-corrected chi connectivity index (χ3v) is 3.64. The number of hydrogen-bond acceptors (Lipinski definition) is 3. The lowest BCUT2D eigenvalue weighted by atomic mass is 10.2. The van der Waals surface area contributed by atoms with Crippen LogP contribution >= 0.6 is 24.0 Å². The van der Waals surface area contributed by atoms with Crippen LogP contribution in [-0.2, 0) is 17.8 Å². The zero-order valence-corrected chi connectivity index (χ0v) is 17.9. The topological polar surface area (TPSA) is 58.5 Å². The molecule has 0 radical (unpaired) electrons. The Bertz CT molecular complexity index is 632. The number of nitrogens with one attached hydrogen (secondary N) is 2. The standard InChI is InChI=1S/C20H28N4O.HI/c1-3-21-20(22-12-11-18-10-9-17(2)24-15-18)23-13-14-25-16-19-7-5-4-6-8-19;/h4-10,15H,3,11-14,16H2,1-2H3,(H2,21,22,23);1H. The summed E-state index contributed by atoms with van der Waals surface area (Å²) in [6, 6.07) is 14.3. The molecule has 1 aromatic heterocycles. The lowest BCUT2D eigenvalue weighted by Gasteiger charge is -2.11. The molecule has 0 atom stereocenters. The van der Waals surface area contributed by atoms with Gasteiger partial charge in [-0.2, -0.15) is 0 Å². The van der Waals surface area contributed by atoms with Gasteiger partial charge in [0.25, 0.3) is 0 Å². The smallest absolute Gasteiger partial charge is 0.191 e. The Balaban J connectivity index is 0.00000338. The summed E-state index contributed by atoms with van der Waals surface area (Å²) < 4.78 is 5.66. The molecule has 2 N–H and O–H groups in total. The first-order valence-electron chi connectivity index (χ1n) is 8.83. The van der Waals surface area contributed by atoms with Crippen molar-refractivity contribution in [2.24, 2.45) is 4.99 Å². The first-order valence-corrected chi connectivity index (χ1v) is 8.83. The molecule has 0 saturated heterocycles. The molecule has 0 unspecified atom stereocenters. The summed E-state index contributed by atoms with van der Waals surface area (Å²) >= 11 is 0. The van der Waals surface area contributed by atoms with Crippen LogP contribution in [0.2, 0.25) is 0 Å². The third-order valence-electron chi connectivity index (χ3n) is 3.64. The van der Waals surface area contributed by atoms with Gasteiger partial charge in [0.05, 0.1) is 19.8 Å². The number of aliphatic imine (C=N–C) groups is 1. The van der Waals surface area contributed by atoms with Crippen LogP contribution in [0.4, 0.5) is 0 Å². The Kier molecular flexibility index (Phi) is 11.6. The number of aryl methyl sites for hydroxylation is 1. The normalized spacial score (nSPS) is 10.9. The average Bonchev–Trinajstić information content (AvgIpc) is 2.64. The van der Waals surface area contributed by atoms with Crippen molar-refractivity contribution < 1.29 is 4.74 Å². The van der Waals surface area contributed by atoms with E-state index in [-0.39, 0.29) is 24.0 Å². The van der Waals surface area contributed by atoms with Crippen molar-refractivity contribution in [3.05, 3.63) is 65.5 Å². The summed E-state index contributed by atoms with van der Waals surface area (Å²) in [5.74, 6) is 0.825. The summed E-state index contributed by atoms with van der Waals surface area (Å²) in [5, 5.41) is 6.60. The molecule has 0 aliphatic carbocycles. The van der Waals surface area contributed by atoms with Gasteiger partial charge in [-0.15, -0.1) is 24.0 Å². The molecule has 26 heavy (non-hydrogen) atoms. The van der Waals surface area contributed by atoms with E-state index >= 15 is 0 Å². The van der Waals surface area contributed by atoms with Gasteiger partial charge in [-0.05, 0) is 37.5 Å². The quantitative estimate of drug-likeness (QED) is 0.257. The van der Waals surface area contributed by atoms with Crippen LogP contribution in [0, 0.1) is 6.92 Å². The Hall–Kier alpha value is -1.67. The van der Waals surface area contributed by atoms with Crippen molar-refractivity contribution in [3.8, 4) is 0 Å². The Labute approximate surface area is 173 Å². The highest BCUT2D eigenvalue weighted by Gasteiger charge is 1.98. The maximum atomic E-state index is 5.66. The van der Waals surface area contributed by atoms with E-state index in [0.717, 1.165) is 31.2 Å². The minimum absolute atomic E-state index is 0. The highest BCUT2D eigenvalue weighted by molar-refractivity contribution is 14.0. The Morgan fingerprint density at radius 2 is 1.88 bits per heavy atom. The van der Waals surface area contributed by atoms with E-state index in [9.17, 15) is 0 Å². The second-order valence-corrected chi connectivity index (χ2v) is 5.78. The highest BCUT2D eigenvalue weighted by atomic mass is 127. The summed E-state index contributed by atoms with van der Waals surface area (Å²) in [6.45, 7) is 7.58. The first kappa shape index (κ1) is 22.4. The monoisotopic (exact) mass is 468 g/mol. The van der Waals surface area contributed by atoms with Gasteiger partial charge >= 0.3 is 0 Å². The van der Waals surface area contributed by atoms with Crippen molar-refractivity contribution in [2.45, 2.75) is 26.9 Å². The van der Waals surface area contributed by atoms with Crippen molar-refractivity contribution in [3.63, 3.8) is 0 Å². The van der Waals surface area contributed by atoms with Gasteiger partial charge in [-0.1, -0.05) is 36.4 Å². The molecule has 1 aromatic carbocycles. The zero-order chi connectivity index (χ0) is 17.7. The molecule has 2 aromatic rings. The number of guanidine groups is 1. The van der Waals surface area contributed by atoms with Crippen LogP contribution in [0.15, 0.2) is 53.7 Å². The number of halogens is 1. The molecular weight excluding hydrogens is 439 g/mol. The molecule has 0 spiro atoms. The number of hydrogen-bond donors (Lipinski definition) is 2. The minimum atomic E-state index is 0. The molecular formula is C20H29IN4O. The Morgan fingerprint density at radius 1 is 1.08 bits per heavy atom. The van der Waals surface area contributed by atoms with Crippen molar-refractivity contribution >= 4 is 29.9 Å².